The van der Waals surface area contributed by atoms with Gasteiger partial charge in [0, 0.05) is 8.47 Å². The van der Waals surface area contributed by atoms with Crippen molar-refractivity contribution in [2.24, 2.45) is 0 Å². The molecule has 0 saturated carbocycles. The molecule has 1 aliphatic heterocycles. The Morgan fingerprint density at radius 2 is 2.55 bits per heavy atom. The Labute approximate surface area is 69.2 Å². The number of carbonyl (C=O) groups excluding carboxylic acids is 1. The van der Waals surface area contributed by atoms with Crippen LogP contribution in [0.25, 0.3) is 0 Å². The first-order valence-corrected chi connectivity index (χ1v) is 4.25. The lowest BCUT2D eigenvalue weighted by Gasteiger charge is -2.20. The maximum atomic E-state index is 11.2. The number of rotatable bonds is 2. The highest BCUT2D eigenvalue weighted by Crippen LogP contribution is 2.15. The molecule has 1 atom stereocenters. The number of likely N-dealkylation sites (tertiary alicyclic amines) is 1. The quantitative estimate of drug-likeness (QED) is 0.633. The van der Waals surface area contributed by atoms with Crippen LogP contribution in [-0.2, 0) is 4.79 Å². The number of carbonyl (C=O) groups is 1. The number of hydrogen-bond acceptors (Lipinski definition) is 2. The van der Waals surface area contributed by atoms with E-state index < -0.39 is 0 Å². The zero-order chi connectivity index (χ0) is 8.27. The monoisotopic (exact) mass is 158 g/mol. The van der Waals surface area contributed by atoms with Crippen molar-refractivity contribution in [2.75, 3.05) is 20.1 Å². The van der Waals surface area contributed by atoms with Crippen molar-refractivity contribution in [3.8, 4) is 0 Å². The van der Waals surface area contributed by atoms with E-state index in [1.807, 2.05) is 0 Å². The molecule has 11 heavy (non-hydrogen) atoms. The number of nitrogens with one attached hydrogen (secondary N) is 1. The molecule has 66 valence electrons. The minimum Gasteiger partial charge on any atom is -0.358 e. The lowest BCUT2D eigenvalue weighted by atomic mass is 10.2. The van der Waals surface area contributed by atoms with Gasteiger partial charge in [0.2, 0.25) is 5.91 Å². The maximum Gasteiger partial charge on any atom is 0.237 e. The average Bonchev–Trinajstić information content (AvgIpc) is 2.50. The van der Waals surface area contributed by atoms with E-state index in [4.69, 9.17) is 0 Å². The molecule has 0 aromatic heterocycles. The lowest BCUT2D eigenvalue weighted by Crippen LogP contribution is -2.41. The Kier molecular flexibility index (Phi) is 2.88. The predicted molar refractivity (Wildman–Crippen MR) is 46.4 cm³/mol. The van der Waals surface area contributed by atoms with Crippen LogP contribution in [0.1, 0.15) is 21.2 Å². The van der Waals surface area contributed by atoms with Crippen LogP contribution in [-0.4, -0.2) is 37.0 Å². The molecule has 1 heterocycles. The van der Waals surface area contributed by atoms with Gasteiger partial charge >= 0.3 is 0 Å². The van der Waals surface area contributed by atoms with Gasteiger partial charge in [0.1, 0.15) is 0 Å². The summed E-state index contributed by atoms with van der Waals surface area (Å²) in [6.45, 7) is 4.16. The van der Waals surface area contributed by atoms with Crippen LogP contribution in [0.2, 0.25) is 0 Å². The highest BCUT2D eigenvalue weighted by atomic mass is 16.2. The molecule has 1 amide bonds. The Morgan fingerprint density at radius 1 is 1.82 bits per heavy atom. The van der Waals surface area contributed by atoms with Gasteiger partial charge in [0.15, 0.2) is 0 Å². The zero-order valence-electron chi connectivity index (χ0n) is 7.26. The predicted octanol–water partition coefficient (Wildman–Crippen LogP) is 0.463. The van der Waals surface area contributed by atoms with E-state index in [2.05, 4.69) is 17.1 Å². The molecule has 1 saturated heterocycles. The molecule has 0 radical (unpaired) electrons. The highest BCUT2D eigenvalue weighted by molar-refractivity contribution is 5.81. The second-order valence-corrected chi connectivity index (χ2v) is 2.90. The number of likely N-dealkylation sites (N-methyl/N-ethyl adjacent to an activating group) is 2. The Balaban J connectivity index is 0.00000121. The molecule has 0 spiro atoms. The summed E-state index contributed by atoms with van der Waals surface area (Å²) in [4.78, 5) is 13.5. The molecular formula is C8H18N2O. The fourth-order valence-electron chi connectivity index (χ4n) is 1.67. The Hall–Kier alpha value is -0.570. The van der Waals surface area contributed by atoms with Crippen LogP contribution in [0.4, 0.5) is 0 Å². The number of hydrogen-bond donors (Lipinski definition) is 1. The molecule has 1 rings (SSSR count). The number of amides is 1. The van der Waals surface area contributed by atoms with Crippen molar-refractivity contribution < 1.29 is 6.22 Å². The summed E-state index contributed by atoms with van der Waals surface area (Å²) < 4.78 is 0. The zero-order valence-corrected chi connectivity index (χ0v) is 7.26. The minimum absolute atomic E-state index is 0. The molecule has 1 aliphatic rings. The van der Waals surface area contributed by atoms with Gasteiger partial charge in [-0.3, -0.25) is 9.69 Å². The Morgan fingerprint density at radius 3 is 3.09 bits per heavy atom. The summed E-state index contributed by atoms with van der Waals surface area (Å²) in [5, 5.41) is 2.69. The summed E-state index contributed by atoms with van der Waals surface area (Å²) >= 11 is 0. The second-order valence-electron chi connectivity index (χ2n) is 2.90. The summed E-state index contributed by atoms with van der Waals surface area (Å²) in [5.74, 6) is 0.171. The third-order valence-corrected chi connectivity index (χ3v) is 2.32. The molecular weight excluding hydrogens is 140 g/mol. The molecule has 0 aromatic rings. The van der Waals surface area contributed by atoms with Crippen LogP contribution in [0, 0.1) is 0 Å². The molecule has 0 bridgehead atoms. The molecule has 1 fully saturated rings. The Bertz CT molecular complexity index is 152. The topological polar surface area (TPSA) is 32.3 Å². The van der Waals surface area contributed by atoms with E-state index in [1.165, 1.54) is 0 Å². The largest absolute Gasteiger partial charge is 0.358 e. The van der Waals surface area contributed by atoms with Crippen molar-refractivity contribution in [1.29, 1.82) is 0 Å². The van der Waals surface area contributed by atoms with Crippen molar-refractivity contribution in [1.82, 2.24) is 10.2 Å². The molecule has 3 nitrogen and oxygen atoms in total. The smallest absolute Gasteiger partial charge is 0.237 e. The normalized spacial score (nSPS) is 25.5. The van der Waals surface area contributed by atoms with Crippen LogP contribution in [0.3, 0.4) is 0 Å². The van der Waals surface area contributed by atoms with Gasteiger partial charge in [-0.2, -0.15) is 0 Å². The second kappa shape index (κ2) is 3.72. The average molecular weight is 158 g/mol. The molecule has 0 aromatic carbocycles. The van der Waals surface area contributed by atoms with Gasteiger partial charge in [-0.15, -0.1) is 0 Å². The van der Waals surface area contributed by atoms with Gasteiger partial charge in [0.05, 0.1) is 6.04 Å². The van der Waals surface area contributed by atoms with Crippen LogP contribution < -0.4 is 5.32 Å². The number of nitrogens with zero attached hydrogens (tertiary/aromatic N) is 1. The van der Waals surface area contributed by atoms with Crippen molar-refractivity contribution in [2.45, 2.75) is 25.8 Å². The summed E-state index contributed by atoms with van der Waals surface area (Å²) in [7, 11) is 1.70. The van der Waals surface area contributed by atoms with Crippen LogP contribution in [0.15, 0.2) is 0 Å². The van der Waals surface area contributed by atoms with E-state index in [-0.39, 0.29) is 13.4 Å². The highest BCUT2D eigenvalue weighted by Gasteiger charge is 2.28. The van der Waals surface area contributed by atoms with Gasteiger partial charge in [0.25, 0.3) is 0 Å². The van der Waals surface area contributed by atoms with E-state index in [0.29, 0.717) is 0 Å². The first-order valence-electron chi connectivity index (χ1n) is 4.25. The SMILES string of the molecule is CCN1CCCC1C(=O)NC.[HH]. The molecule has 1 N–H and O–H groups in total. The van der Waals surface area contributed by atoms with E-state index in [1.54, 1.807) is 7.05 Å². The standard InChI is InChI=1S/C8H16N2O.H2/c1-3-10-6-4-5-7(10)8(11)9-2;/h7H,3-6H2,1-2H3,(H,9,11);1H. The summed E-state index contributed by atoms with van der Waals surface area (Å²) in [5.41, 5.74) is 0. The first-order chi connectivity index (χ1) is 5.29. The van der Waals surface area contributed by atoms with E-state index in [0.717, 1.165) is 25.9 Å². The van der Waals surface area contributed by atoms with E-state index >= 15 is 0 Å². The van der Waals surface area contributed by atoms with Crippen molar-refractivity contribution in [3.05, 3.63) is 0 Å². The lowest BCUT2D eigenvalue weighted by molar-refractivity contribution is -0.124. The van der Waals surface area contributed by atoms with Crippen LogP contribution >= 0.6 is 0 Å². The van der Waals surface area contributed by atoms with Gasteiger partial charge < -0.3 is 5.32 Å². The van der Waals surface area contributed by atoms with Crippen molar-refractivity contribution >= 4 is 5.91 Å². The van der Waals surface area contributed by atoms with Crippen LogP contribution in [0.5, 0.6) is 0 Å². The van der Waals surface area contributed by atoms with Gasteiger partial charge in [-0.1, -0.05) is 6.92 Å². The van der Waals surface area contributed by atoms with Crippen molar-refractivity contribution in [3.63, 3.8) is 0 Å². The fourth-order valence-corrected chi connectivity index (χ4v) is 1.67. The van der Waals surface area contributed by atoms with E-state index in [9.17, 15) is 4.79 Å². The maximum absolute atomic E-state index is 11.2. The third kappa shape index (κ3) is 1.71. The minimum atomic E-state index is 0. The summed E-state index contributed by atoms with van der Waals surface area (Å²) in [6, 6.07) is 0.144. The first kappa shape index (κ1) is 8.53. The molecule has 0 aliphatic carbocycles. The summed E-state index contributed by atoms with van der Waals surface area (Å²) in [6.07, 6.45) is 2.18. The van der Waals surface area contributed by atoms with Gasteiger partial charge in [-0.05, 0) is 25.9 Å². The molecule has 3 heteroatoms. The third-order valence-electron chi connectivity index (χ3n) is 2.32. The van der Waals surface area contributed by atoms with Gasteiger partial charge in [-0.25, -0.2) is 0 Å². The fraction of sp³-hybridized carbons (Fsp3) is 0.875. The molecule has 1 unspecified atom stereocenters.